The molecule has 8 heteroatoms. The Balaban J connectivity index is 2.10. The molecule has 0 aromatic heterocycles. The Hall–Kier alpha value is -3.42. The van der Waals surface area contributed by atoms with Gasteiger partial charge in [0.2, 0.25) is 0 Å². The largest absolute Gasteiger partial charge is 0.507 e. The fourth-order valence-electron chi connectivity index (χ4n) is 2.60. The number of hydrogen-bond donors (Lipinski definition) is 2. The van der Waals surface area contributed by atoms with Crippen molar-refractivity contribution >= 4 is 23.5 Å². The van der Waals surface area contributed by atoms with Crippen LogP contribution < -0.4 is 10.3 Å². The summed E-state index contributed by atoms with van der Waals surface area (Å²) in [6.45, 7) is 7.30. The number of nitro benzene ring substituents is 1. The molecule has 0 saturated carbocycles. The van der Waals surface area contributed by atoms with Crippen molar-refractivity contribution in [3.8, 4) is 5.75 Å². The Kier molecular flexibility index (Phi) is 6.48. The van der Waals surface area contributed by atoms with E-state index in [0.29, 0.717) is 11.1 Å². The van der Waals surface area contributed by atoms with Crippen LogP contribution in [0.2, 0.25) is 0 Å². The molecule has 0 spiro atoms. The van der Waals surface area contributed by atoms with Gasteiger partial charge in [-0.1, -0.05) is 6.07 Å². The number of hydrazone groups is 1. The van der Waals surface area contributed by atoms with Gasteiger partial charge in [0, 0.05) is 47.6 Å². The summed E-state index contributed by atoms with van der Waals surface area (Å²) < 4.78 is 0. The molecule has 8 nitrogen and oxygen atoms in total. The number of nitro groups is 1. The standard InChI is InChI=1S/C19H22N4O4/c1-4-22(5-2)16-9-8-15(18(24)11-16)12-20-21-19(25)14-7-6-13(3)17(10-14)23(26)27/h6-12,24H,4-5H2,1-3H3,(H,21,25)/b20-12+. The van der Waals surface area contributed by atoms with Crippen molar-refractivity contribution in [1.82, 2.24) is 5.43 Å². The van der Waals surface area contributed by atoms with Gasteiger partial charge in [0.15, 0.2) is 0 Å². The van der Waals surface area contributed by atoms with Gasteiger partial charge in [-0.25, -0.2) is 5.43 Å². The second kappa shape index (κ2) is 8.79. The van der Waals surface area contributed by atoms with Crippen LogP contribution in [-0.2, 0) is 0 Å². The second-order valence-corrected chi connectivity index (χ2v) is 5.87. The number of nitrogens with one attached hydrogen (secondary N) is 1. The smallest absolute Gasteiger partial charge is 0.273 e. The van der Waals surface area contributed by atoms with E-state index in [-0.39, 0.29) is 17.0 Å². The predicted octanol–water partition coefficient (Wildman–Crippen LogP) is 3.22. The normalized spacial score (nSPS) is 10.8. The minimum Gasteiger partial charge on any atom is -0.507 e. The molecule has 0 aliphatic carbocycles. The van der Waals surface area contributed by atoms with E-state index in [1.54, 1.807) is 19.1 Å². The molecule has 0 saturated heterocycles. The molecule has 142 valence electrons. The fraction of sp³-hybridized carbons (Fsp3) is 0.263. The number of rotatable bonds is 7. The Morgan fingerprint density at radius 1 is 1.26 bits per heavy atom. The zero-order valence-electron chi connectivity index (χ0n) is 15.5. The molecular weight excluding hydrogens is 348 g/mol. The van der Waals surface area contributed by atoms with Crippen molar-refractivity contribution < 1.29 is 14.8 Å². The van der Waals surface area contributed by atoms with E-state index in [2.05, 4.69) is 15.4 Å². The first kappa shape index (κ1) is 19.9. The van der Waals surface area contributed by atoms with Gasteiger partial charge in [-0.2, -0.15) is 5.10 Å². The fourth-order valence-corrected chi connectivity index (χ4v) is 2.60. The molecular formula is C19H22N4O4. The molecule has 0 atom stereocenters. The molecule has 0 bridgehead atoms. The number of carbonyl (C=O) groups is 1. The molecule has 2 aromatic rings. The highest BCUT2D eigenvalue weighted by Gasteiger charge is 2.14. The number of amides is 1. The van der Waals surface area contributed by atoms with Gasteiger partial charge in [0.05, 0.1) is 11.1 Å². The SMILES string of the molecule is CCN(CC)c1ccc(/C=N/NC(=O)c2ccc(C)c([N+](=O)[O-])c2)c(O)c1. The number of aromatic hydroxyl groups is 1. The van der Waals surface area contributed by atoms with Crippen LogP contribution in [0.25, 0.3) is 0 Å². The lowest BCUT2D eigenvalue weighted by molar-refractivity contribution is -0.385. The Morgan fingerprint density at radius 2 is 1.96 bits per heavy atom. The summed E-state index contributed by atoms with van der Waals surface area (Å²) in [7, 11) is 0. The minimum atomic E-state index is -0.575. The van der Waals surface area contributed by atoms with Crippen LogP contribution in [0.4, 0.5) is 11.4 Å². The molecule has 2 N–H and O–H groups in total. The van der Waals surface area contributed by atoms with Crippen LogP contribution in [0.3, 0.4) is 0 Å². The molecule has 0 heterocycles. The summed E-state index contributed by atoms with van der Waals surface area (Å²) in [4.78, 5) is 24.6. The van der Waals surface area contributed by atoms with Crippen molar-refractivity contribution in [2.75, 3.05) is 18.0 Å². The van der Waals surface area contributed by atoms with Crippen molar-refractivity contribution in [1.29, 1.82) is 0 Å². The number of carbonyl (C=O) groups excluding carboxylic acids is 1. The molecule has 2 rings (SSSR count). The third-order valence-corrected chi connectivity index (χ3v) is 4.18. The molecule has 0 fully saturated rings. The van der Waals surface area contributed by atoms with E-state index in [1.165, 1.54) is 24.4 Å². The Morgan fingerprint density at radius 3 is 2.56 bits per heavy atom. The Bertz CT molecular complexity index is 876. The minimum absolute atomic E-state index is 0.0448. The first-order chi connectivity index (χ1) is 12.9. The molecule has 0 unspecified atom stereocenters. The molecule has 0 aliphatic heterocycles. The summed E-state index contributed by atoms with van der Waals surface area (Å²) >= 11 is 0. The molecule has 1 amide bonds. The predicted molar refractivity (Wildman–Crippen MR) is 105 cm³/mol. The first-order valence-electron chi connectivity index (χ1n) is 8.53. The number of nitrogens with zero attached hydrogens (tertiary/aromatic N) is 3. The van der Waals surface area contributed by atoms with Crippen LogP contribution in [0.15, 0.2) is 41.5 Å². The molecule has 2 aromatic carbocycles. The zero-order chi connectivity index (χ0) is 20.0. The van der Waals surface area contributed by atoms with Gasteiger partial charge >= 0.3 is 0 Å². The summed E-state index contributed by atoms with van der Waals surface area (Å²) in [5.74, 6) is -0.531. The number of anilines is 1. The third kappa shape index (κ3) is 4.81. The van der Waals surface area contributed by atoms with Gasteiger partial charge < -0.3 is 10.0 Å². The Labute approximate surface area is 157 Å². The van der Waals surface area contributed by atoms with Crippen molar-refractivity contribution in [2.24, 2.45) is 5.10 Å². The number of phenols is 1. The number of aryl methyl sites for hydroxylation is 1. The van der Waals surface area contributed by atoms with Gasteiger partial charge in [-0.05, 0) is 39.0 Å². The number of phenolic OH excluding ortho intramolecular Hbond substituents is 1. The molecule has 27 heavy (non-hydrogen) atoms. The van der Waals surface area contributed by atoms with Crippen molar-refractivity contribution in [3.05, 3.63) is 63.2 Å². The monoisotopic (exact) mass is 370 g/mol. The lowest BCUT2D eigenvalue weighted by Gasteiger charge is -2.21. The first-order valence-corrected chi connectivity index (χ1v) is 8.53. The highest BCUT2D eigenvalue weighted by atomic mass is 16.6. The average molecular weight is 370 g/mol. The topological polar surface area (TPSA) is 108 Å². The van der Waals surface area contributed by atoms with E-state index in [0.717, 1.165) is 18.8 Å². The molecule has 0 radical (unpaired) electrons. The van der Waals surface area contributed by atoms with E-state index in [1.807, 2.05) is 19.9 Å². The van der Waals surface area contributed by atoms with Crippen LogP contribution in [0.5, 0.6) is 5.75 Å². The third-order valence-electron chi connectivity index (χ3n) is 4.18. The zero-order valence-corrected chi connectivity index (χ0v) is 15.5. The van der Waals surface area contributed by atoms with Crippen molar-refractivity contribution in [2.45, 2.75) is 20.8 Å². The lowest BCUT2D eigenvalue weighted by atomic mass is 10.1. The van der Waals surface area contributed by atoms with Gasteiger partial charge in [-0.3, -0.25) is 14.9 Å². The summed E-state index contributed by atoms with van der Waals surface area (Å²) in [5, 5.41) is 24.9. The maximum absolute atomic E-state index is 12.1. The highest BCUT2D eigenvalue weighted by Crippen LogP contribution is 2.23. The van der Waals surface area contributed by atoms with Crippen LogP contribution >= 0.6 is 0 Å². The summed E-state index contributed by atoms with van der Waals surface area (Å²) in [6.07, 6.45) is 1.32. The van der Waals surface area contributed by atoms with Crippen molar-refractivity contribution in [3.63, 3.8) is 0 Å². The van der Waals surface area contributed by atoms with Crippen LogP contribution in [0.1, 0.15) is 35.3 Å². The van der Waals surface area contributed by atoms with E-state index >= 15 is 0 Å². The highest BCUT2D eigenvalue weighted by molar-refractivity contribution is 5.95. The number of hydrogen-bond acceptors (Lipinski definition) is 6. The van der Waals surface area contributed by atoms with Crippen LogP contribution in [0, 0.1) is 17.0 Å². The number of benzene rings is 2. The maximum Gasteiger partial charge on any atom is 0.273 e. The van der Waals surface area contributed by atoms with Gasteiger partial charge in [0.1, 0.15) is 5.75 Å². The van der Waals surface area contributed by atoms with Gasteiger partial charge in [0.25, 0.3) is 11.6 Å². The van der Waals surface area contributed by atoms with Gasteiger partial charge in [-0.15, -0.1) is 0 Å². The van der Waals surface area contributed by atoms with E-state index < -0.39 is 10.8 Å². The molecule has 0 aliphatic rings. The van der Waals surface area contributed by atoms with Crippen LogP contribution in [-0.4, -0.2) is 35.2 Å². The quantitative estimate of drug-likeness (QED) is 0.442. The second-order valence-electron chi connectivity index (χ2n) is 5.87. The lowest BCUT2D eigenvalue weighted by Crippen LogP contribution is -2.21. The summed E-state index contributed by atoms with van der Waals surface area (Å²) in [5.41, 5.74) is 4.12. The summed E-state index contributed by atoms with van der Waals surface area (Å²) in [6, 6.07) is 9.41. The van der Waals surface area contributed by atoms with E-state index in [9.17, 15) is 20.0 Å². The van der Waals surface area contributed by atoms with E-state index in [4.69, 9.17) is 0 Å². The maximum atomic E-state index is 12.1. The average Bonchev–Trinajstić information content (AvgIpc) is 2.64.